The Hall–Kier alpha value is -1.81. The molecule has 3 rings (SSSR count). The first-order valence-corrected chi connectivity index (χ1v) is 7.18. The molecule has 0 fully saturated rings. The van der Waals surface area contributed by atoms with Crippen LogP contribution < -0.4 is 0 Å². The second kappa shape index (κ2) is 5.67. The first-order chi connectivity index (χ1) is 9.72. The first kappa shape index (κ1) is 13.2. The van der Waals surface area contributed by atoms with Gasteiger partial charge in [-0.3, -0.25) is 9.88 Å². The van der Waals surface area contributed by atoms with Crippen LogP contribution in [0.15, 0.2) is 30.7 Å². The lowest BCUT2D eigenvalue weighted by Crippen LogP contribution is -2.31. The normalized spacial score (nSPS) is 15.3. The van der Waals surface area contributed by atoms with Crippen LogP contribution in [0, 0.1) is 0 Å². The maximum absolute atomic E-state index is 4.74. The van der Waals surface area contributed by atoms with E-state index < -0.39 is 0 Å². The third-order valence-electron chi connectivity index (χ3n) is 3.72. The number of hydrogen-bond acceptors (Lipinski definition) is 4. The number of hydrogen-bond donors (Lipinski definition) is 0. The van der Waals surface area contributed by atoms with Crippen LogP contribution in [0.4, 0.5) is 0 Å². The molecule has 1 aliphatic rings. The third kappa shape index (κ3) is 2.85. The predicted molar refractivity (Wildman–Crippen MR) is 78.2 cm³/mol. The molecule has 2 aromatic rings. The van der Waals surface area contributed by atoms with Crippen molar-refractivity contribution < 1.29 is 0 Å². The average Bonchev–Trinajstić information content (AvgIpc) is 2.47. The lowest BCUT2D eigenvalue weighted by Gasteiger charge is -2.28. The summed E-state index contributed by atoms with van der Waals surface area (Å²) >= 11 is 0. The van der Waals surface area contributed by atoms with Crippen LogP contribution in [-0.2, 0) is 19.5 Å². The molecule has 0 N–H and O–H groups in total. The Balaban J connectivity index is 1.75. The molecular formula is C16H20N4. The molecule has 3 heterocycles. The van der Waals surface area contributed by atoms with E-state index in [1.807, 2.05) is 18.6 Å². The standard InChI is InChI=1S/C16H20N4/c1-12(2)16-18-9-14-5-8-20(11-15(14)19-16)10-13-3-6-17-7-4-13/h3-4,6-7,9,12H,5,8,10-11H2,1-2H3. The molecule has 0 saturated heterocycles. The summed E-state index contributed by atoms with van der Waals surface area (Å²) < 4.78 is 0. The number of pyridine rings is 1. The molecule has 4 heteroatoms. The molecule has 0 spiro atoms. The molecule has 0 saturated carbocycles. The summed E-state index contributed by atoms with van der Waals surface area (Å²) in [6, 6.07) is 4.16. The Bertz CT molecular complexity index is 580. The highest BCUT2D eigenvalue weighted by Crippen LogP contribution is 2.20. The molecule has 0 bridgehead atoms. The first-order valence-electron chi connectivity index (χ1n) is 7.18. The summed E-state index contributed by atoms with van der Waals surface area (Å²) in [5.74, 6) is 1.34. The molecule has 0 radical (unpaired) electrons. The Labute approximate surface area is 119 Å². The molecule has 0 aromatic carbocycles. The zero-order chi connectivity index (χ0) is 13.9. The van der Waals surface area contributed by atoms with Crippen molar-refractivity contribution in [1.29, 1.82) is 0 Å². The Morgan fingerprint density at radius 2 is 2.05 bits per heavy atom. The van der Waals surface area contributed by atoms with Crippen molar-refractivity contribution in [1.82, 2.24) is 19.9 Å². The molecule has 104 valence electrons. The van der Waals surface area contributed by atoms with Gasteiger partial charge >= 0.3 is 0 Å². The quantitative estimate of drug-likeness (QED) is 0.858. The summed E-state index contributed by atoms with van der Waals surface area (Å²) in [6.07, 6.45) is 6.76. The van der Waals surface area contributed by atoms with Gasteiger partial charge in [0.1, 0.15) is 5.82 Å². The van der Waals surface area contributed by atoms with Crippen molar-refractivity contribution in [2.75, 3.05) is 6.54 Å². The highest BCUT2D eigenvalue weighted by molar-refractivity contribution is 5.22. The van der Waals surface area contributed by atoms with Crippen LogP contribution in [0.1, 0.15) is 42.4 Å². The van der Waals surface area contributed by atoms with Crippen LogP contribution in [0.3, 0.4) is 0 Å². The van der Waals surface area contributed by atoms with Crippen LogP contribution >= 0.6 is 0 Å². The SMILES string of the molecule is CC(C)c1ncc2c(n1)CN(Cc1ccncc1)CC2. The van der Waals surface area contributed by atoms with E-state index in [0.29, 0.717) is 5.92 Å². The minimum Gasteiger partial charge on any atom is -0.293 e. The van der Waals surface area contributed by atoms with Gasteiger partial charge in [-0.1, -0.05) is 13.8 Å². The summed E-state index contributed by atoms with van der Waals surface area (Å²) in [7, 11) is 0. The fraction of sp³-hybridized carbons (Fsp3) is 0.438. The van der Waals surface area contributed by atoms with Crippen LogP contribution in [-0.4, -0.2) is 26.4 Å². The highest BCUT2D eigenvalue weighted by Gasteiger charge is 2.19. The highest BCUT2D eigenvalue weighted by atomic mass is 15.1. The lowest BCUT2D eigenvalue weighted by atomic mass is 10.1. The van der Waals surface area contributed by atoms with Gasteiger partial charge < -0.3 is 0 Å². The van der Waals surface area contributed by atoms with Gasteiger partial charge in [-0.05, 0) is 29.7 Å². The average molecular weight is 268 g/mol. The van der Waals surface area contributed by atoms with Gasteiger partial charge in [0.15, 0.2) is 0 Å². The van der Waals surface area contributed by atoms with Crippen LogP contribution in [0.5, 0.6) is 0 Å². The second-order valence-electron chi connectivity index (χ2n) is 5.67. The molecular weight excluding hydrogens is 248 g/mol. The van der Waals surface area contributed by atoms with Crippen LogP contribution in [0.25, 0.3) is 0 Å². The second-order valence-corrected chi connectivity index (χ2v) is 5.67. The molecule has 20 heavy (non-hydrogen) atoms. The van der Waals surface area contributed by atoms with Gasteiger partial charge in [-0.15, -0.1) is 0 Å². The molecule has 2 aromatic heterocycles. The summed E-state index contributed by atoms with van der Waals surface area (Å²) in [5.41, 5.74) is 3.81. The Morgan fingerprint density at radius 3 is 2.80 bits per heavy atom. The minimum absolute atomic E-state index is 0.385. The zero-order valence-corrected chi connectivity index (χ0v) is 12.1. The van der Waals surface area contributed by atoms with Crippen molar-refractivity contribution in [3.8, 4) is 0 Å². The van der Waals surface area contributed by atoms with E-state index in [4.69, 9.17) is 4.98 Å². The summed E-state index contributed by atoms with van der Waals surface area (Å²) in [6.45, 7) is 7.22. The van der Waals surface area contributed by atoms with E-state index in [0.717, 1.165) is 31.9 Å². The van der Waals surface area contributed by atoms with Crippen molar-refractivity contribution >= 4 is 0 Å². The molecule has 0 unspecified atom stereocenters. The third-order valence-corrected chi connectivity index (χ3v) is 3.72. The smallest absolute Gasteiger partial charge is 0.131 e. The van der Waals surface area contributed by atoms with Gasteiger partial charge in [0.2, 0.25) is 0 Å². The predicted octanol–water partition coefficient (Wildman–Crippen LogP) is 2.55. The van der Waals surface area contributed by atoms with Crippen molar-refractivity contribution in [2.45, 2.75) is 39.3 Å². The minimum atomic E-state index is 0.385. The number of aromatic nitrogens is 3. The van der Waals surface area contributed by atoms with Crippen molar-refractivity contribution in [2.24, 2.45) is 0 Å². The number of fused-ring (bicyclic) bond motifs is 1. The topological polar surface area (TPSA) is 41.9 Å². The lowest BCUT2D eigenvalue weighted by molar-refractivity contribution is 0.240. The Morgan fingerprint density at radius 1 is 1.25 bits per heavy atom. The van der Waals surface area contributed by atoms with Gasteiger partial charge in [0.25, 0.3) is 0 Å². The molecule has 0 atom stereocenters. The Kier molecular flexibility index (Phi) is 3.74. The van der Waals surface area contributed by atoms with Gasteiger partial charge in [0, 0.05) is 44.1 Å². The summed E-state index contributed by atoms with van der Waals surface area (Å²) in [5, 5.41) is 0. The maximum atomic E-state index is 4.74. The van der Waals surface area contributed by atoms with Gasteiger partial charge in [-0.25, -0.2) is 9.97 Å². The van der Waals surface area contributed by atoms with Crippen molar-refractivity contribution in [3.05, 3.63) is 53.4 Å². The number of nitrogens with zero attached hydrogens (tertiary/aromatic N) is 4. The summed E-state index contributed by atoms with van der Waals surface area (Å²) in [4.78, 5) is 15.7. The fourth-order valence-corrected chi connectivity index (χ4v) is 2.53. The fourth-order valence-electron chi connectivity index (χ4n) is 2.53. The number of rotatable bonds is 3. The van der Waals surface area contributed by atoms with Crippen molar-refractivity contribution in [3.63, 3.8) is 0 Å². The zero-order valence-electron chi connectivity index (χ0n) is 12.1. The largest absolute Gasteiger partial charge is 0.293 e. The van der Waals surface area contributed by atoms with E-state index in [1.165, 1.54) is 16.8 Å². The monoisotopic (exact) mass is 268 g/mol. The van der Waals surface area contributed by atoms with Gasteiger partial charge in [0.05, 0.1) is 5.69 Å². The van der Waals surface area contributed by atoms with E-state index >= 15 is 0 Å². The van der Waals surface area contributed by atoms with E-state index in [1.54, 1.807) is 0 Å². The molecule has 0 amide bonds. The molecule has 1 aliphatic heterocycles. The van der Waals surface area contributed by atoms with Crippen LogP contribution in [0.2, 0.25) is 0 Å². The van der Waals surface area contributed by atoms with E-state index in [-0.39, 0.29) is 0 Å². The maximum Gasteiger partial charge on any atom is 0.131 e. The molecule has 0 aliphatic carbocycles. The van der Waals surface area contributed by atoms with E-state index in [9.17, 15) is 0 Å². The molecule has 4 nitrogen and oxygen atoms in total. The van der Waals surface area contributed by atoms with E-state index in [2.05, 4.69) is 40.8 Å². The van der Waals surface area contributed by atoms with Gasteiger partial charge in [-0.2, -0.15) is 0 Å².